The molecule has 3 rings (SSSR count). The Morgan fingerprint density at radius 1 is 1.50 bits per heavy atom. The first-order chi connectivity index (χ1) is 7.66. The third-order valence-corrected chi connectivity index (χ3v) is 2.98. The maximum Gasteiger partial charge on any atom is 0.330 e. The number of nitrogens with one attached hydrogen (secondary N) is 1. The van der Waals surface area contributed by atoms with Crippen molar-refractivity contribution in [2.24, 2.45) is 5.73 Å². The maximum absolute atomic E-state index is 11.5. The lowest BCUT2D eigenvalue weighted by Crippen LogP contribution is -2.39. The predicted octanol–water partition coefficient (Wildman–Crippen LogP) is -1.84. The minimum atomic E-state index is -0.543. The van der Waals surface area contributed by atoms with Gasteiger partial charge in [0.05, 0.1) is 12.6 Å². The maximum atomic E-state index is 11.5. The molecule has 2 aliphatic heterocycles. The lowest BCUT2D eigenvalue weighted by atomic mass is 10.1. The van der Waals surface area contributed by atoms with Crippen LogP contribution in [0.25, 0.3) is 0 Å². The van der Waals surface area contributed by atoms with E-state index in [-0.39, 0.29) is 18.2 Å². The summed E-state index contributed by atoms with van der Waals surface area (Å²) in [4.78, 5) is 24.6. The predicted molar refractivity (Wildman–Crippen MR) is 52.9 cm³/mol. The molecule has 1 aromatic heterocycles. The summed E-state index contributed by atoms with van der Waals surface area (Å²) in [6.45, 7) is 0.459. The zero-order valence-electron chi connectivity index (χ0n) is 8.33. The highest BCUT2D eigenvalue weighted by molar-refractivity contribution is 4.99. The van der Waals surface area contributed by atoms with E-state index in [2.05, 4.69) is 4.98 Å². The van der Waals surface area contributed by atoms with Gasteiger partial charge >= 0.3 is 5.69 Å². The molecule has 2 fully saturated rings. The number of fused-ring (bicyclic) bond motifs is 2. The highest BCUT2D eigenvalue weighted by Crippen LogP contribution is 2.35. The molecule has 7 nitrogen and oxygen atoms in total. The SMILES string of the molecule is N[C@H]1[C@H]2OC[C@@H]1O[C@H]2n1ccc(=O)[nH]c1=O. The van der Waals surface area contributed by atoms with Crippen LogP contribution in [0, 0.1) is 0 Å². The average Bonchev–Trinajstić information content (AvgIpc) is 2.74. The van der Waals surface area contributed by atoms with Crippen molar-refractivity contribution in [3.8, 4) is 0 Å². The quantitative estimate of drug-likeness (QED) is 0.585. The van der Waals surface area contributed by atoms with E-state index < -0.39 is 17.5 Å². The second kappa shape index (κ2) is 3.27. The van der Waals surface area contributed by atoms with Gasteiger partial charge in [-0.25, -0.2) is 4.79 Å². The van der Waals surface area contributed by atoms with Gasteiger partial charge in [-0.05, 0) is 0 Å². The van der Waals surface area contributed by atoms with Gasteiger partial charge in [0, 0.05) is 12.3 Å². The fraction of sp³-hybridized carbons (Fsp3) is 0.556. The van der Waals surface area contributed by atoms with Crippen molar-refractivity contribution < 1.29 is 9.47 Å². The Morgan fingerprint density at radius 3 is 2.88 bits per heavy atom. The molecule has 86 valence electrons. The summed E-state index contributed by atoms with van der Waals surface area (Å²) in [5.41, 5.74) is 4.91. The van der Waals surface area contributed by atoms with E-state index in [0.717, 1.165) is 0 Å². The number of rotatable bonds is 1. The van der Waals surface area contributed by atoms with E-state index in [1.165, 1.54) is 16.8 Å². The van der Waals surface area contributed by atoms with E-state index >= 15 is 0 Å². The largest absolute Gasteiger partial charge is 0.369 e. The van der Waals surface area contributed by atoms with Crippen molar-refractivity contribution in [1.29, 1.82) is 0 Å². The van der Waals surface area contributed by atoms with Crippen LogP contribution in [0.1, 0.15) is 6.23 Å². The van der Waals surface area contributed by atoms with Gasteiger partial charge < -0.3 is 15.2 Å². The van der Waals surface area contributed by atoms with Crippen molar-refractivity contribution in [2.45, 2.75) is 24.5 Å². The summed E-state index contributed by atoms with van der Waals surface area (Å²) < 4.78 is 12.3. The number of aromatic amines is 1. The fourth-order valence-corrected chi connectivity index (χ4v) is 2.15. The minimum Gasteiger partial charge on any atom is -0.369 e. The standard InChI is InChI=1S/C9H11N3O4/c10-6-4-3-15-7(6)8(16-4)12-2-1-5(13)11-9(12)14/h1-2,4,6-8H,3,10H2,(H,11,13,14)/t4-,6+,7+,8+/m0/s1. The molecule has 0 amide bonds. The molecule has 0 unspecified atom stereocenters. The van der Waals surface area contributed by atoms with Gasteiger partial charge in [0.2, 0.25) is 0 Å². The van der Waals surface area contributed by atoms with Crippen LogP contribution < -0.4 is 17.0 Å². The Labute approximate surface area is 89.8 Å². The Hall–Kier alpha value is -1.44. The molecule has 7 heteroatoms. The van der Waals surface area contributed by atoms with E-state index in [9.17, 15) is 9.59 Å². The number of nitrogens with zero attached hydrogens (tertiary/aromatic N) is 1. The Kier molecular flexibility index (Phi) is 2.00. The third-order valence-electron chi connectivity index (χ3n) is 2.98. The molecule has 0 aromatic carbocycles. The van der Waals surface area contributed by atoms with E-state index in [1.807, 2.05) is 0 Å². The molecule has 2 saturated heterocycles. The van der Waals surface area contributed by atoms with Crippen LogP contribution in [-0.4, -0.2) is 34.4 Å². The molecule has 4 atom stereocenters. The molecule has 0 aliphatic carbocycles. The molecule has 16 heavy (non-hydrogen) atoms. The molecule has 3 N–H and O–H groups in total. The second-order valence-corrected chi connectivity index (χ2v) is 3.96. The number of H-pyrrole nitrogens is 1. The van der Waals surface area contributed by atoms with Crippen molar-refractivity contribution >= 4 is 0 Å². The summed E-state index contributed by atoms with van der Waals surface area (Å²) in [6.07, 6.45) is 0.350. The van der Waals surface area contributed by atoms with Gasteiger partial charge in [-0.3, -0.25) is 14.3 Å². The molecule has 0 radical (unpaired) electrons. The van der Waals surface area contributed by atoms with Crippen molar-refractivity contribution in [2.75, 3.05) is 6.61 Å². The van der Waals surface area contributed by atoms with Crippen LogP contribution >= 0.6 is 0 Å². The fourth-order valence-electron chi connectivity index (χ4n) is 2.15. The summed E-state index contributed by atoms with van der Waals surface area (Å²) in [6, 6.07) is 1.05. The highest BCUT2D eigenvalue weighted by atomic mass is 16.6. The van der Waals surface area contributed by atoms with Crippen molar-refractivity contribution in [3.05, 3.63) is 33.1 Å². The first-order valence-corrected chi connectivity index (χ1v) is 5.01. The Balaban J connectivity index is 2.00. The zero-order chi connectivity index (χ0) is 11.3. The van der Waals surface area contributed by atoms with E-state index in [1.54, 1.807) is 0 Å². The molecule has 2 bridgehead atoms. The van der Waals surface area contributed by atoms with Crippen molar-refractivity contribution in [1.82, 2.24) is 9.55 Å². The first-order valence-electron chi connectivity index (χ1n) is 5.01. The van der Waals surface area contributed by atoms with Crippen LogP contribution in [0.2, 0.25) is 0 Å². The lowest BCUT2D eigenvalue weighted by molar-refractivity contribution is -0.128. The third kappa shape index (κ3) is 1.26. The van der Waals surface area contributed by atoms with E-state index in [0.29, 0.717) is 6.61 Å². The molecule has 0 saturated carbocycles. The number of ether oxygens (including phenoxy) is 2. The smallest absolute Gasteiger partial charge is 0.330 e. The summed E-state index contributed by atoms with van der Waals surface area (Å²) >= 11 is 0. The molecule has 1 aromatic rings. The Bertz CT molecular complexity index is 522. The van der Waals surface area contributed by atoms with Gasteiger partial charge in [-0.2, -0.15) is 0 Å². The summed E-state index contributed by atoms with van der Waals surface area (Å²) in [5.74, 6) is 0. The molecule has 2 aliphatic rings. The summed E-state index contributed by atoms with van der Waals surface area (Å²) in [7, 11) is 0. The van der Waals surface area contributed by atoms with Crippen LogP contribution in [0.3, 0.4) is 0 Å². The van der Waals surface area contributed by atoms with Gasteiger partial charge in [-0.15, -0.1) is 0 Å². The minimum absolute atomic E-state index is 0.172. The Morgan fingerprint density at radius 2 is 2.31 bits per heavy atom. The van der Waals surface area contributed by atoms with Crippen LogP contribution in [-0.2, 0) is 9.47 Å². The molecule has 0 spiro atoms. The lowest BCUT2D eigenvalue weighted by Gasteiger charge is -2.23. The number of nitrogens with two attached hydrogens (primary N) is 1. The molecular formula is C9H11N3O4. The van der Waals surface area contributed by atoms with Gasteiger partial charge in [0.1, 0.15) is 12.2 Å². The van der Waals surface area contributed by atoms with Crippen LogP contribution in [0.4, 0.5) is 0 Å². The van der Waals surface area contributed by atoms with Crippen LogP contribution in [0.5, 0.6) is 0 Å². The van der Waals surface area contributed by atoms with Gasteiger partial charge in [0.25, 0.3) is 5.56 Å². The number of hydrogen-bond donors (Lipinski definition) is 2. The number of aromatic nitrogens is 2. The summed E-state index contributed by atoms with van der Waals surface area (Å²) in [5, 5.41) is 0. The topological polar surface area (TPSA) is 99.3 Å². The second-order valence-electron chi connectivity index (χ2n) is 3.96. The average molecular weight is 225 g/mol. The van der Waals surface area contributed by atoms with E-state index in [4.69, 9.17) is 15.2 Å². The number of hydrogen-bond acceptors (Lipinski definition) is 5. The zero-order valence-corrected chi connectivity index (χ0v) is 8.33. The van der Waals surface area contributed by atoms with Gasteiger partial charge in [-0.1, -0.05) is 0 Å². The van der Waals surface area contributed by atoms with Gasteiger partial charge in [0.15, 0.2) is 6.23 Å². The molecule has 3 heterocycles. The highest BCUT2D eigenvalue weighted by Gasteiger charge is 2.50. The molecular weight excluding hydrogens is 214 g/mol. The van der Waals surface area contributed by atoms with Crippen LogP contribution in [0.15, 0.2) is 21.9 Å². The van der Waals surface area contributed by atoms with Crippen molar-refractivity contribution in [3.63, 3.8) is 0 Å². The normalized spacial score (nSPS) is 36.8. The first kappa shape index (κ1) is 9.76. The monoisotopic (exact) mass is 225 g/mol.